The summed E-state index contributed by atoms with van der Waals surface area (Å²) < 4.78 is 5.74. The number of carbonyl (C=O) groups is 1. The second kappa shape index (κ2) is 8.23. The number of amides is 1. The number of benzene rings is 2. The van der Waals surface area contributed by atoms with Crippen LogP contribution in [0.2, 0.25) is 0 Å². The highest BCUT2D eigenvalue weighted by Gasteiger charge is 2.28. The summed E-state index contributed by atoms with van der Waals surface area (Å²) in [6, 6.07) is 21.3. The molecule has 0 saturated heterocycles. The largest absolute Gasteiger partial charge is 0.439 e. The van der Waals surface area contributed by atoms with Gasteiger partial charge in [-0.25, -0.2) is 4.98 Å². The topological polar surface area (TPSA) is 91.2 Å². The lowest BCUT2D eigenvalue weighted by Gasteiger charge is -2.32. The van der Waals surface area contributed by atoms with Crippen molar-refractivity contribution in [1.29, 1.82) is 0 Å². The van der Waals surface area contributed by atoms with Gasteiger partial charge in [-0.05, 0) is 35.7 Å². The number of ether oxygens (including phenoxy) is 1. The summed E-state index contributed by atoms with van der Waals surface area (Å²) in [4.78, 5) is 15.2. The molecule has 1 heterocycles. The Morgan fingerprint density at radius 2 is 1.71 bits per heavy atom. The zero-order chi connectivity index (χ0) is 20.1. The molecule has 5 heteroatoms. The summed E-state index contributed by atoms with van der Waals surface area (Å²) in [7, 11) is 0. The number of aromatic nitrogens is 1. The lowest BCUT2D eigenvalue weighted by atomic mass is 9.76. The average Bonchev–Trinajstić information content (AvgIpc) is 2.69. The van der Waals surface area contributed by atoms with Crippen molar-refractivity contribution in [2.45, 2.75) is 31.7 Å². The van der Waals surface area contributed by atoms with Crippen molar-refractivity contribution in [2.24, 2.45) is 11.5 Å². The van der Waals surface area contributed by atoms with Crippen LogP contribution in [0.25, 0.3) is 0 Å². The van der Waals surface area contributed by atoms with Gasteiger partial charge >= 0.3 is 0 Å². The predicted molar refractivity (Wildman–Crippen MR) is 110 cm³/mol. The minimum absolute atomic E-state index is 0.0234. The van der Waals surface area contributed by atoms with E-state index >= 15 is 0 Å². The third kappa shape index (κ3) is 4.56. The third-order valence-electron chi connectivity index (χ3n) is 5.07. The number of nitrogens with two attached hydrogens (primary N) is 2. The Morgan fingerprint density at radius 1 is 1.04 bits per heavy atom. The van der Waals surface area contributed by atoms with Crippen molar-refractivity contribution in [1.82, 2.24) is 4.98 Å². The summed E-state index contributed by atoms with van der Waals surface area (Å²) >= 11 is 0. The maximum absolute atomic E-state index is 11.1. The number of hydrogen-bond acceptors (Lipinski definition) is 4. The van der Waals surface area contributed by atoms with Crippen LogP contribution in [0.3, 0.4) is 0 Å². The first-order valence-corrected chi connectivity index (χ1v) is 9.20. The highest BCUT2D eigenvalue weighted by molar-refractivity contribution is 5.92. The van der Waals surface area contributed by atoms with Gasteiger partial charge in [-0.3, -0.25) is 4.79 Å². The molecule has 0 saturated carbocycles. The fourth-order valence-corrected chi connectivity index (χ4v) is 3.00. The van der Waals surface area contributed by atoms with Crippen molar-refractivity contribution in [2.75, 3.05) is 0 Å². The summed E-state index contributed by atoms with van der Waals surface area (Å²) in [5.41, 5.74) is 14.3. The van der Waals surface area contributed by atoms with Crippen LogP contribution in [0.4, 0.5) is 0 Å². The zero-order valence-corrected chi connectivity index (χ0v) is 16.1. The van der Waals surface area contributed by atoms with Gasteiger partial charge in [-0.1, -0.05) is 56.3 Å². The smallest absolute Gasteiger partial charge is 0.250 e. The van der Waals surface area contributed by atoms with Gasteiger partial charge in [0.25, 0.3) is 0 Å². The van der Waals surface area contributed by atoms with Crippen LogP contribution in [-0.2, 0) is 11.8 Å². The number of carbonyl (C=O) groups excluding carboxylic acids is 1. The molecule has 2 aromatic carbocycles. The standard InChI is InChI=1S/C23H25N3O2/c1-23(2,20(24)14-16-6-4-3-5-7-16)18-9-11-19(12-10-18)28-21-13-8-17(15-26-21)22(25)27/h3-13,15,20H,14,24H2,1-2H3,(H2,25,27). The molecule has 144 valence electrons. The van der Waals surface area contributed by atoms with Gasteiger partial charge < -0.3 is 16.2 Å². The molecule has 1 atom stereocenters. The molecule has 0 aliphatic rings. The molecule has 0 radical (unpaired) electrons. The Kier molecular flexibility index (Phi) is 5.76. The molecule has 0 aliphatic heterocycles. The van der Waals surface area contributed by atoms with Gasteiger partial charge in [-0.15, -0.1) is 0 Å². The number of nitrogens with zero attached hydrogens (tertiary/aromatic N) is 1. The molecule has 0 bridgehead atoms. The Labute approximate surface area is 165 Å². The Balaban J connectivity index is 1.69. The second-order valence-electron chi connectivity index (χ2n) is 7.39. The molecule has 0 fully saturated rings. The Bertz CT molecular complexity index is 920. The monoisotopic (exact) mass is 375 g/mol. The number of rotatable bonds is 7. The molecule has 4 N–H and O–H groups in total. The molecular formula is C23H25N3O2. The maximum Gasteiger partial charge on any atom is 0.250 e. The van der Waals surface area contributed by atoms with E-state index in [0.29, 0.717) is 17.2 Å². The summed E-state index contributed by atoms with van der Waals surface area (Å²) in [6.07, 6.45) is 2.21. The minimum atomic E-state index is -0.516. The molecule has 0 aliphatic carbocycles. The van der Waals surface area contributed by atoms with Gasteiger partial charge in [0, 0.05) is 23.7 Å². The van der Waals surface area contributed by atoms with Gasteiger partial charge in [0.05, 0.1) is 5.56 Å². The van der Waals surface area contributed by atoms with Gasteiger partial charge in [-0.2, -0.15) is 0 Å². The van der Waals surface area contributed by atoms with E-state index in [1.54, 1.807) is 12.1 Å². The normalized spacial score (nSPS) is 12.4. The Hall–Kier alpha value is -3.18. The SMILES string of the molecule is CC(C)(c1ccc(Oc2ccc(C(N)=O)cn2)cc1)C(N)Cc1ccccc1. The lowest BCUT2D eigenvalue weighted by Crippen LogP contribution is -2.42. The van der Waals surface area contributed by atoms with E-state index in [0.717, 1.165) is 12.0 Å². The van der Waals surface area contributed by atoms with E-state index in [1.807, 2.05) is 42.5 Å². The van der Waals surface area contributed by atoms with Crippen LogP contribution in [0.1, 0.15) is 35.3 Å². The first-order valence-electron chi connectivity index (χ1n) is 9.20. The Morgan fingerprint density at radius 3 is 2.29 bits per heavy atom. The lowest BCUT2D eigenvalue weighted by molar-refractivity contribution is 0.1000. The fourth-order valence-electron chi connectivity index (χ4n) is 3.00. The molecule has 1 aromatic heterocycles. The zero-order valence-electron chi connectivity index (χ0n) is 16.1. The maximum atomic E-state index is 11.1. The second-order valence-corrected chi connectivity index (χ2v) is 7.39. The van der Waals surface area contributed by atoms with E-state index in [4.69, 9.17) is 16.2 Å². The molecule has 3 aromatic rings. The number of primary amides is 1. The van der Waals surface area contributed by atoms with Crippen LogP contribution < -0.4 is 16.2 Å². The van der Waals surface area contributed by atoms with E-state index in [-0.39, 0.29) is 11.5 Å². The quantitative estimate of drug-likeness (QED) is 0.657. The van der Waals surface area contributed by atoms with Crippen molar-refractivity contribution in [3.63, 3.8) is 0 Å². The van der Waals surface area contributed by atoms with Crippen LogP contribution in [-0.4, -0.2) is 16.9 Å². The fraction of sp³-hybridized carbons (Fsp3) is 0.217. The third-order valence-corrected chi connectivity index (χ3v) is 5.07. The summed E-state index contributed by atoms with van der Waals surface area (Å²) in [5, 5.41) is 0. The van der Waals surface area contributed by atoms with E-state index < -0.39 is 5.91 Å². The molecule has 3 rings (SSSR count). The van der Waals surface area contributed by atoms with Crippen molar-refractivity contribution < 1.29 is 9.53 Å². The van der Waals surface area contributed by atoms with Crippen LogP contribution in [0, 0.1) is 0 Å². The first kappa shape index (κ1) is 19.6. The van der Waals surface area contributed by atoms with Crippen LogP contribution in [0.15, 0.2) is 72.9 Å². The highest BCUT2D eigenvalue weighted by Crippen LogP contribution is 2.30. The van der Waals surface area contributed by atoms with E-state index in [2.05, 4.69) is 31.0 Å². The van der Waals surface area contributed by atoms with Crippen LogP contribution >= 0.6 is 0 Å². The van der Waals surface area contributed by atoms with Gasteiger partial charge in [0.2, 0.25) is 11.8 Å². The van der Waals surface area contributed by atoms with E-state index in [1.165, 1.54) is 11.8 Å². The van der Waals surface area contributed by atoms with Crippen molar-refractivity contribution >= 4 is 5.91 Å². The molecule has 5 nitrogen and oxygen atoms in total. The molecule has 28 heavy (non-hydrogen) atoms. The minimum Gasteiger partial charge on any atom is -0.439 e. The molecule has 1 unspecified atom stereocenters. The van der Waals surface area contributed by atoms with Crippen LogP contribution in [0.5, 0.6) is 11.6 Å². The van der Waals surface area contributed by atoms with Crippen molar-refractivity contribution in [3.05, 3.63) is 89.6 Å². The number of pyridine rings is 1. The molecular weight excluding hydrogens is 350 g/mol. The van der Waals surface area contributed by atoms with Gasteiger partial charge in [0.1, 0.15) is 5.75 Å². The molecule has 0 spiro atoms. The van der Waals surface area contributed by atoms with Crippen molar-refractivity contribution in [3.8, 4) is 11.6 Å². The van der Waals surface area contributed by atoms with Gasteiger partial charge in [0.15, 0.2) is 0 Å². The molecule has 1 amide bonds. The summed E-state index contributed by atoms with van der Waals surface area (Å²) in [6.45, 7) is 4.31. The number of hydrogen-bond donors (Lipinski definition) is 2. The highest BCUT2D eigenvalue weighted by atomic mass is 16.5. The van der Waals surface area contributed by atoms with E-state index in [9.17, 15) is 4.79 Å². The average molecular weight is 375 g/mol. The predicted octanol–water partition coefficient (Wildman–Crippen LogP) is 3.82. The first-order chi connectivity index (χ1) is 13.4. The summed E-state index contributed by atoms with van der Waals surface area (Å²) in [5.74, 6) is 0.547.